The Morgan fingerprint density at radius 3 is 2.52 bits per heavy atom. The van der Waals surface area contributed by atoms with Crippen LogP contribution in [0.25, 0.3) is 0 Å². The fourth-order valence-corrected chi connectivity index (χ4v) is 2.57. The summed E-state index contributed by atoms with van der Waals surface area (Å²) >= 11 is 0. The maximum atomic E-state index is 11.0. The molecule has 0 saturated carbocycles. The van der Waals surface area contributed by atoms with Crippen LogP contribution in [0, 0.1) is 0 Å². The largest absolute Gasteiger partial charge is 0.493 e. The van der Waals surface area contributed by atoms with Crippen molar-refractivity contribution in [3.8, 4) is 5.75 Å². The maximum Gasteiger partial charge on any atom is 0.162 e. The van der Waals surface area contributed by atoms with E-state index in [4.69, 9.17) is 4.74 Å². The molecule has 0 aliphatic heterocycles. The zero-order chi connectivity index (χ0) is 15.5. The molecule has 4 heteroatoms. The van der Waals surface area contributed by atoms with Crippen molar-refractivity contribution in [2.24, 2.45) is 0 Å². The average molecular weight is 288 g/mol. The molecule has 1 aromatic carbocycles. The van der Waals surface area contributed by atoms with Gasteiger partial charge in [-0.15, -0.1) is 0 Å². The van der Waals surface area contributed by atoms with Crippen molar-refractivity contribution in [1.29, 1.82) is 0 Å². The van der Waals surface area contributed by atoms with Gasteiger partial charge in [0, 0.05) is 12.0 Å². The smallest absolute Gasteiger partial charge is 0.162 e. The summed E-state index contributed by atoms with van der Waals surface area (Å²) in [7, 11) is 1.61. The summed E-state index contributed by atoms with van der Waals surface area (Å²) in [6, 6.07) is 10.0. The highest BCUT2D eigenvalue weighted by molar-refractivity contribution is 5.34. The lowest BCUT2D eigenvalue weighted by molar-refractivity contribution is 0.0882. The highest BCUT2D eigenvalue weighted by Crippen LogP contribution is 2.40. The number of ether oxygens (including phenoxy) is 1. The van der Waals surface area contributed by atoms with Crippen LogP contribution < -0.4 is 4.74 Å². The predicted octanol–water partition coefficient (Wildman–Crippen LogP) is 3.31. The molecule has 1 unspecified atom stereocenters. The summed E-state index contributed by atoms with van der Waals surface area (Å²) < 4.78 is 7.22. The van der Waals surface area contributed by atoms with Crippen LogP contribution in [0.5, 0.6) is 5.75 Å². The average Bonchev–Trinajstić information content (AvgIpc) is 2.90. The molecule has 0 radical (unpaired) electrons. The van der Waals surface area contributed by atoms with Crippen molar-refractivity contribution < 1.29 is 9.84 Å². The van der Waals surface area contributed by atoms with E-state index in [0.29, 0.717) is 5.75 Å². The van der Waals surface area contributed by atoms with E-state index in [9.17, 15) is 5.11 Å². The number of rotatable bonds is 6. The van der Waals surface area contributed by atoms with Crippen molar-refractivity contribution in [2.45, 2.75) is 45.3 Å². The van der Waals surface area contributed by atoms with Crippen LogP contribution in [-0.2, 0) is 12.0 Å². The molecule has 0 saturated heterocycles. The molecule has 0 aliphatic carbocycles. The lowest BCUT2D eigenvalue weighted by atomic mass is 9.78. The molecule has 0 aliphatic rings. The maximum absolute atomic E-state index is 11.0. The van der Waals surface area contributed by atoms with Gasteiger partial charge < -0.3 is 9.84 Å². The van der Waals surface area contributed by atoms with Crippen LogP contribution in [0.3, 0.4) is 0 Å². The van der Waals surface area contributed by atoms with Crippen LogP contribution in [0.2, 0.25) is 0 Å². The predicted molar refractivity (Wildman–Crippen MR) is 83.5 cm³/mol. The topological polar surface area (TPSA) is 47.3 Å². The van der Waals surface area contributed by atoms with E-state index < -0.39 is 11.5 Å². The number of aryl methyl sites for hydroxylation is 1. The minimum absolute atomic E-state index is 0.430. The molecule has 0 amide bonds. The highest BCUT2D eigenvalue weighted by Gasteiger charge is 2.35. The Balaban J connectivity index is 2.43. The number of aliphatic hydroxyl groups is 1. The molecule has 1 N–H and O–H groups in total. The fraction of sp³-hybridized carbons (Fsp3) is 0.471. The highest BCUT2D eigenvalue weighted by atomic mass is 16.5. The Labute approximate surface area is 126 Å². The van der Waals surface area contributed by atoms with Gasteiger partial charge in [-0.25, -0.2) is 0 Å². The molecule has 114 valence electrons. The summed E-state index contributed by atoms with van der Waals surface area (Å²) in [6.07, 6.45) is 1.94. The summed E-state index contributed by atoms with van der Waals surface area (Å²) in [6.45, 7) is 6.93. The van der Waals surface area contributed by atoms with Crippen molar-refractivity contribution >= 4 is 0 Å². The Morgan fingerprint density at radius 2 is 1.95 bits per heavy atom. The molecule has 4 nitrogen and oxygen atoms in total. The zero-order valence-electron chi connectivity index (χ0n) is 13.2. The van der Waals surface area contributed by atoms with Gasteiger partial charge in [0.2, 0.25) is 0 Å². The molecule has 21 heavy (non-hydrogen) atoms. The molecule has 1 aromatic heterocycles. The van der Waals surface area contributed by atoms with Gasteiger partial charge >= 0.3 is 0 Å². The third-order valence-electron chi connectivity index (χ3n) is 3.96. The normalized spacial score (nSPS) is 13.2. The lowest BCUT2D eigenvalue weighted by Gasteiger charge is -2.32. The van der Waals surface area contributed by atoms with Gasteiger partial charge in [0.15, 0.2) is 5.75 Å². The number of aromatic nitrogens is 2. The molecule has 0 fully saturated rings. The van der Waals surface area contributed by atoms with Gasteiger partial charge in [-0.2, -0.15) is 5.10 Å². The Hall–Kier alpha value is -1.81. The van der Waals surface area contributed by atoms with Gasteiger partial charge in [-0.1, -0.05) is 51.1 Å². The quantitative estimate of drug-likeness (QED) is 0.887. The second-order valence-corrected chi connectivity index (χ2v) is 5.81. The van der Waals surface area contributed by atoms with E-state index in [0.717, 1.165) is 24.2 Å². The minimum Gasteiger partial charge on any atom is -0.493 e. The molecule has 0 spiro atoms. The molecule has 1 atom stereocenters. The number of benzene rings is 1. The van der Waals surface area contributed by atoms with E-state index in [1.165, 1.54) is 0 Å². The number of hydrogen-bond acceptors (Lipinski definition) is 3. The first-order valence-electron chi connectivity index (χ1n) is 7.35. The van der Waals surface area contributed by atoms with Gasteiger partial charge in [0.05, 0.1) is 13.3 Å². The first-order valence-corrected chi connectivity index (χ1v) is 7.35. The van der Waals surface area contributed by atoms with Gasteiger partial charge in [0.25, 0.3) is 0 Å². The minimum atomic E-state index is -0.691. The molecule has 2 aromatic rings. The second-order valence-electron chi connectivity index (χ2n) is 5.81. The zero-order valence-corrected chi connectivity index (χ0v) is 13.2. The van der Waals surface area contributed by atoms with Crippen molar-refractivity contribution in [3.63, 3.8) is 0 Å². The SMILES string of the molecule is CCCn1ncc(OC)c1C(O)C(C)(C)c1ccccc1. The number of aliphatic hydroxyl groups excluding tert-OH is 1. The Bertz CT molecular complexity index is 576. The lowest BCUT2D eigenvalue weighted by Crippen LogP contribution is -2.29. The summed E-state index contributed by atoms with van der Waals surface area (Å²) in [5.74, 6) is 0.639. The van der Waals surface area contributed by atoms with Crippen molar-refractivity contribution in [3.05, 3.63) is 47.8 Å². The number of hydrogen-bond donors (Lipinski definition) is 1. The molecular formula is C17H24N2O2. The van der Waals surface area contributed by atoms with Crippen LogP contribution in [0.1, 0.15) is 44.6 Å². The summed E-state index contributed by atoms with van der Waals surface area (Å²) in [5.41, 5.74) is 1.40. The summed E-state index contributed by atoms with van der Waals surface area (Å²) in [4.78, 5) is 0. The monoisotopic (exact) mass is 288 g/mol. The van der Waals surface area contributed by atoms with Crippen LogP contribution in [0.4, 0.5) is 0 Å². The third-order valence-corrected chi connectivity index (χ3v) is 3.96. The van der Waals surface area contributed by atoms with E-state index in [1.54, 1.807) is 13.3 Å². The van der Waals surface area contributed by atoms with Crippen LogP contribution in [0.15, 0.2) is 36.5 Å². The van der Waals surface area contributed by atoms with E-state index in [1.807, 2.05) is 48.9 Å². The van der Waals surface area contributed by atoms with E-state index >= 15 is 0 Å². The van der Waals surface area contributed by atoms with Gasteiger partial charge in [0.1, 0.15) is 11.8 Å². The van der Waals surface area contributed by atoms with E-state index in [-0.39, 0.29) is 0 Å². The van der Waals surface area contributed by atoms with Crippen molar-refractivity contribution in [1.82, 2.24) is 9.78 Å². The molecule has 2 rings (SSSR count). The fourth-order valence-electron chi connectivity index (χ4n) is 2.57. The Kier molecular flexibility index (Phi) is 4.68. The second kappa shape index (κ2) is 6.31. The third kappa shape index (κ3) is 2.95. The standard InChI is InChI=1S/C17H24N2O2/c1-5-11-19-15(14(21-4)12-18-19)16(20)17(2,3)13-9-7-6-8-10-13/h6-10,12,16,20H,5,11H2,1-4H3. The van der Waals surface area contributed by atoms with Crippen LogP contribution in [-0.4, -0.2) is 22.0 Å². The first kappa shape index (κ1) is 15.6. The molecular weight excluding hydrogens is 264 g/mol. The molecule has 1 heterocycles. The van der Waals surface area contributed by atoms with Crippen molar-refractivity contribution in [2.75, 3.05) is 7.11 Å². The molecule has 0 bridgehead atoms. The van der Waals surface area contributed by atoms with E-state index in [2.05, 4.69) is 12.0 Å². The number of nitrogens with zero attached hydrogens (tertiary/aromatic N) is 2. The Morgan fingerprint density at radius 1 is 1.29 bits per heavy atom. The van der Waals surface area contributed by atoms with Gasteiger partial charge in [-0.3, -0.25) is 4.68 Å². The summed E-state index contributed by atoms with van der Waals surface area (Å²) in [5, 5.41) is 15.3. The van der Waals surface area contributed by atoms with Gasteiger partial charge in [-0.05, 0) is 12.0 Å². The first-order chi connectivity index (χ1) is 10.0. The van der Waals surface area contributed by atoms with Crippen LogP contribution >= 0.6 is 0 Å². The number of methoxy groups -OCH3 is 1.